The van der Waals surface area contributed by atoms with Gasteiger partial charge in [-0.2, -0.15) is 0 Å². The van der Waals surface area contributed by atoms with Crippen molar-refractivity contribution in [1.82, 2.24) is 5.32 Å². The highest BCUT2D eigenvalue weighted by atomic mass is 16.1. The molecule has 14 heavy (non-hydrogen) atoms. The number of carbonyl (C=O) groups excluding carboxylic acids is 1. The summed E-state index contributed by atoms with van der Waals surface area (Å²) < 4.78 is 0. The van der Waals surface area contributed by atoms with Crippen LogP contribution in [0.2, 0.25) is 0 Å². The smallest absolute Gasteiger partial charge is 0.223 e. The van der Waals surface area contributed by atoms with Gasteiger partial charge in [-0.15, -0.1) is 0 Å². The maximum absolute atomic E-state index is 11.7. The van der Waals surface area contributed by atoms with Gasteiger partial charge in [0, 0.05) is 12.0 Å². The summed E-state index contributed by atoms with van der Waals surface area (Å²) in [6.07, 6.45) is 3.12. The summed E-state index contributed by atoms with van der Waals surface area (Å²) in [7, 11) is 0. The molecule has 0 bridgehead atoms. The van der Waals surface area contributed by atoms with Gasteiger partial charge in [-0.05, 0) is 32.6 Å². The van der Waals surface area contributed by atoms with Crippen LogP contribution in [0.4, 0.5) is 0 Å². The molecule has 2 nitrogen and oxygen atoms in total. The van der Waals surface area contributed by atoms with Gasteiger partial charge in [0.15, 0.2) is 0 Å². The number of carbonyl (C=O) groups is 1. The van der Waals surface area contributed by atoms with Crippen LogP contribution in [-0.2, 0) is 4.79 Å². The second-order valence-electron chi connectivity index (χ2n) is 4.52. The molecule has 0 spiro atoms. The molecule has 0 rings (SSSR count). The molecular formula is C12H25NO. The van der Waals surface area contributed by atoms with Gasteiger partial charge in [0.1, 0.15) is 0 Å². The fourth-order valence-corrected chi connectivity index (χ4v) is 1.51. The molecule has 0 heterocycles. The average Bonchev–Trinajstić information content (AvgIpc) is 2.12. The zero-order valence-electron chi connectivity index (χ0n) is 10.3. The molecule has 0 fully saturated rings. The van der Waals surface area contributed by atoms with E-state index < -0.39 is 0 Å². The minimum absolute atomic E-state index is 0.201. The van der Waals surface area contributed by atoms with Crippen molar-refractivity contribution in [2.75, 3.05) is 0 Å². The first-order valence-corrected chi connectivity index (χ1v) is 5.81. The maximum Gasteiger partial charge on any atom is 0.223 e. The van der Waals surface area contributed by atoms with Gasteiger partial charge >= 0.3 is 0 Å². The zero-order chi connectivity index (χ0) is 11.1. The number of hydrogen-bond donors (Lipinski definition) is 1. The quantitative estimate of drug-likeness (QED) is 0.700. The Labute approximate surface area is 88.5 Å². The Kier molecular flexibility index (Phi) is 6.60. The van der Waals surface area contributed by atoms with Gasteiger partial charge < -0.3 is 5.32 Å². The van der Waals surface area contributed by atoms with Gasteiger partial charge in [0.25, 0.3) is 0 Å². The van der Waals surface area contributed by atoms with E-state index >= 15 is 0 Å². The zero-order valence-corrected chi connectivity index (χ0v) is 10.3. The molecule has 0 radical (unpaired) electrons. The van der Waals surface area contributed by atoms with Gasteiger partial charge in [-0.3, -0.25) is 4.79 Å². The van der Waals surface area contributed by atoms with Gasteiger partial charge in [0.05, 0.1) is 0 Å². The first-order chi connectivity index (χ1) is 6.51. The molecular weight excluding hydrogens is 174 g/mol. The lowest BCUT2D eigenvalue weighted by atomic mass is 9.91. The van der Waals surface area contributed by atoms with Gasteiger partial charge in [0.2, 0.25) is 5.91 Å². The van der Waals surface area contributed by atoms with Crippen LogP contribution in [-0.4, -0.2) is 11.9 Å². The summed E-state index contributed by atoms with van der Waals surface area (Å²) in [6.45, 7) is 10.5. The lowest BCUT2D eigenvalue weighted by Gasteiger charge is -2.19. The van der Waals surface area contributed by atoms with Crippen molar-refractivity contribution in [2.24, 2.45) is 11.8 Å². The van der Waals surface area contributed by atoms with Crippen molar-refractivity contribution in [1.29, 1.82) is 0 Å². The molecule has 0 aromatic heterocycles. The second kappa shape index (κ2) is 6.86. The second-order valence-corrected chi connectivity index (χ2v) is 4.52. The summed E-state index contributed by atoms with van der Waals surface area (Å²) in [6, 6.07) is 0.258. The van der Waals surface area contributed by atoms with Crippen molar-refractivity contribution < 1.29 is 4.79 Å². The lowest BCUT2D eigenvalue weighted by molar-refractivity contribution is -0.126. The highest BCUT2D eigenvalue weighted by Gasteiger charge is 2.18. The molecule has 0 aliphatic rings. The molecule has 0 aliphatic carbocycles. The highest BCUT2D eigenvalue weighted by molar-refractivity contribution is 5.78. The van der Waals surface area contributed by atoms with Crippen molar-refractivity contribution in [3.63, 3.8) is 0 Å². The van der Waals surface area contributed by atoms with E-state index in [9.17, 15) is 4.79 Å². The maximum atomic E-state index is 11.7. The molecule has 2 atom stereocenters. The monoisotopic (exact) mass is 199 g/mol. The minimum atomic E-state index is 0.201. The molecule has 84 valence electrons. The van der Waals surface area contributed by atoms with E-state index in [4.69, 9.17) is 0 Å². The largest absolute Gasteiger partial charge is 0.354 e. The van der Waals surface area contributed by atoms with E-state index in [1.54, 1.807) is 0 Å². The summed E-state index contributed by atoms with van der Waals surface area (Å²) in [5.41, 5.74) is 0. The third-order valence-electron chi connectivity index (χ3n) is 2.68. The van der Waals surface area contributed by atoms with E-state index in [-0.39, 0.29) is 17.9 Å². The number of amides is 1. The molecule has 1 N–H and O–H groups in total. The Morgan fingerprint density at radius 1 is 1.14 bits per heavy atom. The van der Waals surface area contributed by atoms with Crippen LogP contribution in [0.15, 0.2) is 0 Å². The van der Waals surface area contributed by atoms with Crippen molar-refractivity contribution >= 4 is 5.91 Å². The molecule has 0 saturated heterocycles. The predicted molar refractivity (Wildman–Crippen MR) is 61.1 cm³/mol. The van der Waals surface area contributed by atoms with Crippen LogP contribution in [0.3, 0.4) is 0 Å². The Bertz CT molecular complexity index is 166. The fraction of sp³-hybridized carbons (Fsp3) is 0.917. The normalized spacial score (nSPS) is 15.3. The number of rotatable bonds is 6. The molecule has 0 aliphatic heterocycles. The van der Waals surface area contributed by atoms with Gasteiger partial charge in [-0.1, -0.05) is 27.2 Å². The van der Waals surface area contributed by atoms with E-state index in [0.29, 0.717) is 5.92 Å². The summed E-state index contributed by atoms with van der Waals surface area (Å²) in [4.78, 5) is 11.7. The van der Waals surface area contributed by atoms with E-state index in [1.807, 2.05) is 13.8 Å². The Balaban J connectivity index is 4.05. The van der Waals surface area contributed by atoms with Crippen LogP contribution in [0.1, 0.15) is 53.9 Å². The third kappa shape index (κ3) is 5.25. The topological polar surface area (TPSA) is 29.1 Å². The molecule has 0 aromatic carbocycles. The Morgan fingerprint density at radius 3 is 2.07 bits per heavy atom. The van der Waals surface area contributed by atoms with Crippen LogP contribution < -0.4 is 5.32 Å². The highest BCUT2D eigenvalue weighted by Crippen LogP contribution is 2.18. The summed E-state index contributed by atoms with van der Waals surface area (Å²) >= 11 is 0. The Morgan fingerprint density at radius 2 is 1.71 bits per heavy atom. The van der Waals surface area contributed by atoms with Crippen LogP contribution in [0.25, 0.3) is 0 Å². The molecule has 0 aromatic rings. The number of hydrogen-bond acceptors (Lipinski definition) is 1. The molecule has 0 saturated carbocycles. The van der Waals surface area contributed by atoms with Gasteiger partial charge in [-0.25, -0.2) is 0 Å². The Hall–Kier alpha value is -0.530. The first kappa shape index (κ1) is 13.5. The third-order valence-corrected chi connectivity index (χ3v) is 2.68. The van der Waals surface area contributed by atoms with Crippen LogP contribution in [0.5, 0.6) is 0 Å². The van der Waals surface area contributed by atoms with E-state index in [2.05, 4.69) is 26.1 Å². The van der Waals surface area contributed by atoms with Crippen molar-refractivity contribution in [3.05, 3.63) is 0 Å². The summed E-state index contributed by atoms with van der Waals surface area (Å²) in [5.74, 6) is 1.08. The summed E-state index contributed by atoms with van der Waals surface area (Å²) in [5, 5.41) is 2.98. The molecule has 2 unspecified atom stereocenters. The first-order valence-electron chi connectivity index (χ1n) is 5.81. The standard InChI is InChI=1S/C12H25NO/c1-6-10(5)8-11(7-2)12(14)13-9(3)4/h9-11H,6-8H2,1-5H3,(H,13,14). The minimum Gasteiger partial charge on any atom is -0.354 e. The lowest BCUT2D eigenvalue weighted by Crippen LogP contribution is -2.36. The fourth-order valence-electron chi connectivity index (χ4n) is 1.51. The van der Waals surface area contributed by atoms with Crippen molar-refractivity contribution in [2.45, 2.75) is 59.9 Å². The number of nitrogens with one attached hydrogen (secondary N) is 1. The van der Waals surface area contributed by atoms with Crippen LogP contribution in [0, 0.1) is 11.8 Å². The SMILES string of the molecule is CCC(C)CC(CC)C(=O)NC(C)C. The van der Waals surface area contributed by atoms with E-state index in [1.165, 1.54) is 0 Å². The predicted octanol–water partition coefficient (Wildman–Crippen LogP) is 2.97. The van der Waals surface area contributed by atoms with Crippen molar-refractivity contribution in [3.8, 4) is 0 Å². The molecule has 1 amide bonds. The van der Waals surface area contributed by atoms with Crippen LogP contribution >= 0.6 is 0 Å². The molecule has 2 heteroatoms. The average molecular weight is 199 g/mol. The van der Waals surface area contributed by atoms with E-state index in [0.717, 1.165) is 19.3 Å².